The van der Waals surface area contributed by atoms with Gasteiger partial charge in [-0.1, -0.05) is 49.3 Å². The van der Waals surface area contributed by atoms with Crippen LogP contribution in [0.5, 0.6) is 0 Å². The first kappa shape index (κ1) is 32.7. The molecule has 12 heteroatoms. The van der Waals surface area contributed by atoms with Crippen LogP contribution in [0, 0.1) is 18.8 Å². The molecule has 2 aromatic rings. The molecule has 0 saturated carbocycles. The third kappa shape index (κ3) is 8.03. The first-order valence-corrected chi connectivity index (χ1v) is 15.4. The van der Waals surface area contributed by atoms with E-state index in [0.717, 1.165) is 5.56 Å². The van der Waals surface area contributed by atoms with Gasteiger partial charge in [-0.25, -0.2) is 0 Å². The van der Waals surface area contributed by atoms with Crippen LogP contribution in [-0.4, -0.2) is 77.5 Å². The Kier molecular flexibility index (Phi) is 11.1. The van der Waals surface area contributed by atoms with Crippen molar-refractivity contribution in [2.75, 3.05) is 19.7 Å². The lowest BCUT2D eigenvalue weighted by molar-refractivity contribution is -0.143. The van der Waals surface area contributed by atoms with Gasteiger partial charge in [0, 0.05) is 43.5 Å². The van der Waals surface area contributed by atoms with Crippen LogP contribution in [0.25, 0.3) is 0 Å². The second kappa shape index (κ2) is 15.0. The lowest BCUT2D eigenvalue weighted by Gasteiger charge is -2.33. The first-order valence-electron chi connectivity index (χ1n) is 15.4. The second-order valence-electron chi connectivity index (χ2n) is 11.9. The average Bonchev–Trinajstić information content (AvgIpc) is 3.74. The summed E-state index contributed by atoms with van der Waals surface area (Å²) >= 11 is 0. The minimum absolute atomic E-state index is 0.0687. The smallest absolute Gasteiger partial charge is 0.305 e. The van der Waals surface area contributed by atoms with E-state index in [-0.39, 0.29) is 60.2 Å². The third-order valence-electron chi connectivity index (χ3n) is 8.34. The maximum absolute atomic E-state index is 14.2. The molecule has 44 heavy (non-hydrogen) atoms. The van der Waals surface area contributed by atoms with Crippen molar-refractivity contribution < 1.29 is 33.2 Å². The van der Waals surface area contributed by atoms with E-state index in [9.17, 15) is 24.0 Å². The largest absolute Gasteiger partial charge is 0.466 e. The molecule has 12 nitrogen and oxygen atoms in total. The van der Waals surface area contributed by atoms with E-state index in [2.05, 4.69) is 21.1 Å². The van der Waals surface area contributed by atoms with Gasteiger partial charge >= 0.3 is 5.97 Å². The van der Waals surface area contributed by atoms with Gasteiger partial charge in [0.15, 0.2) is 5.69 Å². The molecule has 3 heterocycles. The third-order valence-corrected chi connectivity index (χ3v) is 8.34. The van der Waals surface area contributed by atoms with E-state index in [0.29, 0.717) is 44.5 Å². The maximum Gasteiger partial charge on any atom is 0.305 e. The number of hydrogen-bond acceptors (Lipinski definition) is 8. The number of benzene rings is 1. The van der Waals surface area contributed by atoms with Crippen molar-refractivity contribution >= 4 is 29.6 Å². The maximum atomic E-state index is 14.2. The van der Waals surface area contributed by atoms with Crippen LogP contribution in [0.1, 0.15) is 80.6 Å². The van der Waals surface area contributed by atoms with E-state index >= 15 is 0 Å². The highest BCUT2D eigenvalue weighted by atomic mass is 16.5. The van der Waals surface area contributed by atoms with Gasteiger partial charge < -0.3 is 30.1 Å². The number of carbonyl (C=O) groups excluding carboxylic acids is 5. The van der Waals surface area contributed by atoms with Gasteiger partial charge in [-0.2, -0.15) is 0 Å². The van der Waals surface area contributed by atoms with Gasteiger partial charge in [0.2, 0.25) is 17.7 Å². The van der Waals surface area contributed by atoms with E-state index < -0.39 is 24.0 Å². The lowest BCUT2D eigenvalue weighted by Crippen LogP contribution is -2.57. The number of ether oxygens (including phenoxy) is 1. The Balaban J connectivity index is 1.58. The fourth-order valence-corrected chi connectivity index (χ4v) is 6.07. The fraction of sp³-hybridized carbons (Fsp3) is 0.562. The molecule has 2 aliphatic rings. The number of nitrogens with one attached hydrogen (secondary N) is 3. The summed E-state index contributed by atoms with van der Waals surface area (Å²) in [5.74, 6) is -2.10. The predicted octanol–water partition coefficient (Wildman–Crippen LogP) is 2.48. The van der Waals surface area contributed by atoms with E-state index in [1.54, 1.807) is 18.7 Å². The summed E-state index contributed by atoms with van der Waals surface area (Å²) in [5, 5.41) is 12.5. The molecule has 3 N–H and O–H groups in total. The molecule has 2 aliphatic heterocycles. The monoisotopic (exact) mass is 609 g/mol. The molecule has 0 unspecified atom stereocenters. The number of likely N-dealkylation sites (tertiary alicyclic amines) is 1. The number of rotatable bonds is 13. The molecule has 5 atom stereocenters. The van der Waals surface area contributed by atoms with Gasteiger partial charge in [0.25, 0.3) is 5.91 Å². The van der Waals surface area contributed by atoms with Gasteiger partial charge in [-0.15, -0.1) is 0 Å². The van der Waals surface area contributed by atoms with Crippen molar-refractivity contribution in [1.82, 2.24) is 26.0 Å². The zero-order valence-electron chi connectivity index (χ0n) is 25.8. The summed E-state index contributed by atoms with van der Waals surface area (Å²) in [4.78, 5) is 67.4. The van der Waals surface area contributed by atoms with Gasteiger partial charge in [0.1, 0.15) is 17.8 Å². The number of aromatic nitrogens is 1. The topological polar surface area (TPSA) is 160 Å². The minimum Gasteiger partial charge on any atom is -0.466 e. The summed E-state index contributed by atoms with van der Waals surface area (Å²) in [6, 6.07) is 8.81. The molecule has 0 aliphatic carbocycles. The highest BCUT2D eigenvalue weighted by Crippen LogP contribution is 2.35. The molecule has 1 aromatic carbocycles. The van der Waals surface area contributed by atoms with E-state index in [1.807, 2.05) is 44.2 Å². The molecule has 4 amide bonds. The summed E-state index contributed by atoms with van der Waals surface area (Å²) in [6.45, 7) is 8.20. The Morgan fingerprint density at radius 1 is 1.14 bits per heavy atom. The fourth-order valence-electron chi connectivity index (χ4n) is 6.07. The molecule has 4 rings (SSSR count). The Morgan fingerprint density at radius 3 is 2.50 bits per heavy atom. The summed E-state index contributed by atoms with van der Waals surface area (Å²) in [7, 11) is 0. The van der Waals surface area contributed by atoms with Crippen molar-refractivity contribution in [3.8, 4) is 0 Å². The molecule has 2 fully saturated rings. The molecule has 238 valence electrons. The first-order chi connectivity index (χ1) is 21.1. The number of amides is 4. The predicted molar refractivity (Wildman–Crippen MR) is 160 cm³/mol. The summed E-state index contributed by atoms with van der Waals surface area (Å²) < 4.78 is 10.1. The number of carbonyl (C=O) groups is 5. The lowest BCUT2D eigenvalue weighted by atomic mass is 9.90. The molecule has 1 aromatic heterocycles. The van der Waals surface area contributed by atoms with Crippen LogP contribution in [0.3, 0.4) is 0 Å². The normalized spacial score (nSPS) is 21.1. The van der Waals surface area contributed by atoms with Crippen LogP contribution >= 0.6 is 0 Å². The highest BCUT2D eigenvalue weighted by molar-refractivity contribution is 5.97. The summed E-state index contributed by atoms with van der Waals surface area (Å²) in [6.07, 6.45) is 1.95. The van der Waals surface area contributed by atoms with Crippen molar-refractivity contribution in [2.45, 2.75) is 83.8 Å². The Morgan fingerprint density at radius 2 is 1.89 bits per heavy atom. The molecule has 0 radical (unpaired) electrons. The number of aryl methyl sites for hydroxylation is 1. The van der Waals surface area contributed by atoms with Crippen molar-refractivity contribution in [3.63, 3.8) is 0 Å². The van der Waals surface area contributed by atoms with E-state index in [4.69, 9.17) is 9.26 Å². The molecule has 2 saturated heterocycles. The zero-order valence-corrected chi connectivity index (χ0v) is 25.8. The van der Waals surface area contributed by atoms with E-state index in [1.165, 1.54) is 6.07 Å². The van der Waals surface area contributed by atoms with Crippen molar-refractivity contribution in [3.05, 3.63) is 53.4 Å². The number of hydrogen-bond donors (Lipinski definition) is 3. The quantitative estimate of drug-likeness (QED) is 0.292. The van der Waals surface area contributed by atoms with Crippen molar-refractivity contribution in [1.29, 1.82) is 0 Å². The van der Waals surface area contributed by atoms with Crippen LogP contribution in [0.4, 0.5) is 0 Å². The summed E-state index contributed by atoms with van der Waals surface area (Å²) in [5.41, 5.74) is 0.989. The van der Waals surface area contributed by atoms with Crippen molar-refractivity contribution in [2.24, 2.45) is 11.8 Å². The van der Waals surface area contributed by atoms with Gasteiger partial charge in [0.05, 0.1) is 6.61 Å². The SMILES string of the molecule is CCOC(=O)CC[C@H](C[C@@H]1CCNC1=O)NC(=O)[C@@H]1[C@@H](c2ccccc2)CCN1C(=O)[C@@H](NC(=O)c1cc(C)on1)C(C)C. The minimum atomic E-state index is -0.911. The standard InChI is InChI=1S/C32H43N5O7/c1-5-43-26(38)12-11-23(18-22-13-15-33-29(22)39)34-31(41)28-24(21-9-7-6-8-10-21)14-16-37(28)32(42)27(19(2)3)35-30(40)25-17-20(4)44-36-25/h6-10,17,19,22-24,27-28H,5,11-16,18H2,1-4H3,(H,33,39)(H,34,41)(H,35,40)/t22-,23+,24+,27-,28-/m0/s1. The van der Waals surface area contributed by atoms with Crippen LogP contribution in [-0.2, 0) is 23.9 Å². The van der Waals surface area contributed by atoms with Crippen LogP contribution in [0.15, 0.2) is 40.9 Å². The Bertz CT molecular complexity index is 1330. The molecular formula is C32H43N5O7. The van der Waals surface area contributed by atoms with Crippen LogP contribution < -0.4 is 16.0 Å². The molecule has 0 spiro atoms. The van der Waals surface area contributed by atoms with Gasteiger partial charge in [-0.3, -0.25) is 24.0 Å². The Labute approximate surface area is 257 Å². The zero-order chi connectivity index (χ0) is 31.8. The molecular weight excluding hydrogens is 566 g/mol. The highest BCUT2D eigenvalue weighted by Gasteiger charge is 2.45. The number of nitrogens with zero attached hydrogens (tertiary/aromatic N) is 2. The Hall–Kier alpha value is -4.22. The second-order valence-corrected chi connectivity index (χ2v) is 11.9. The van der Waals surface area contributed by atoms with Crippen LogP contribution in [0.2, 0.25) is 0 Å². The average molecular weight is 610 g/mol. The van der Waals surface area contributed by atoms with Gasteiger partial charge in [-0.05, 0) is 51.0 Å². The molecule has 0 bridgehead atoms. The number of esters is 1.